The zero-order valence-electron chi connectivity index (χ0n) is 6.14. The van der Waals surface area contributed by atoms with Gasteiger partial charge in [0.05, 0.1) is 11.6 Å². The highest BCUT2D eigenvalue weighted by molar-refractivity contribution is 6.30. The van der Waals surface area contributed by atoms with Crippen LogP contribution in [0.2, 0.25) is 5.02 Å². The van der Waals surface area contributed by atoms with E-state index in [0.717, 1.165) is 0 Å². The van der Waals surface area contributed by atoms with Crippen molar-refractivity contribution in [1.82, 2.24) is 0 Å². The zero-order valence-corrected chi connectivity index (χ0v) is 6.90. The van der Waals surface area contributed by atoms with E-state index in [0.29, 0.717) is 5.02 Å². The molecule has 0 radical (unpaired) electrons. The molecular weight excluding hydrogens is 177 g/mol. The van der Waals surface area contributed by atoms with Crippen LogP contribution in [0.25, 0.3) is 5.57 Å². The number of nitrogens with zero attached hydrogens (tertiary/aromatic N) is 1. The quantitative estimate of drug-likeness (QED) is 0.611. The lowest BCUT2D eigenvalue weighted by atomic mass is 10.1. The van der Waals surface area contributed by atoms with Gasteiger partial charge < -0.3 is 0 Å². The van der Waals surface area contributed by atoms with Crippen molar-refractivity contribution < 1.29 is 4.39 Å². The molecule has 0 fully saturated rings. The molecule has 0 aliphatic heterocycles. The van der Waals surface area contributed by atoms with Crippen molar-refractivity contribution in [1.29, 1.82) is 5.26 Å². The van der Waals surface area contributed by atoms with Crippen LogP contribution >= 0.6 is 11.6 Å². The summed E-state index contributed by atoms with van der Waals surface area (Å²) in [6.07, 6.45) is 0. The normalized spacial score (nSPS) is 9.08. The van der Waals surface area contributed by atoms with Gasteiger partial charge >= 0.3 is 0 Å². The van der Waals surface area contributed by atoms with Crippen LogP contribution in [0.5, 0.6) is 0 Å². The summed E-state index contributed by atoms with van der Waals surface area (Å²) in [5.41, 5.74) is 0.236. The molecule has 0 heterocycles. The molecule has 0 amide bonds. The molecule has 3 heteroatoms. The minimum Gasteiger partial charge on any atom is -0.206 e. The number of hydrogen-bond acceptors (Lipinski definition) is 1. The molecule has 0 N–H and O–H groups in total. The Kier molecular flexibility index (Phi) is 2.47. The molecule has 0 saturated carbocycles. The second kappa shape index (κ2) is 3.38. The summed E-state index contributed by atoms with van der Waals surface area (Å²) < 4.78 is 12.9. The molecule has 0 unspecified atom stereocenters. The lowest BCUT2D eigenvalue weighted by Crippen LogP contribution is -1.85. The summed E-state index contributed by atoms with van der Waals surface area (Å²) in [6.45, 7) is 3.39. The second-order valence-electron chi connectivity index (χ2n) is 2.21. The zero-order chi connectivity index (χ0) is 9.14. The fourth-order valence-electron chi connectivity index (χ4n) is 0.789. The van der Waals surface area contributed by atoms with Crippen LogP contribution in [0.15, 0.2) is 24.8 Å². The standard InChI is InChI=1S/C9H5ClFN/c1-6(5-12)8-4-7(10)2-3-9(8)11/h2-4H,1H2. The monoisotopic (exact) mass is 181 g/mol. The van der Waals surface area contributed by atoms with E-state index in [1.165, 1.54) is 18.2 Å². The maximum atomic E-state index is 12.9. The Hall–Kier alpha value is -1.33. The molecule has 0 atom stereocenters. The summed E-state index contributed by atoms with van der Waals surface area (Å²) in [5.74, 6) is -0.481. The van der Waals surface area contributed by atoms with Gasteiger partial charge in [0.2, 0.25) is 0 Å². The average Bonchev–Trinajstić information content (AvgIpc) is 2.08. The molecule has 0 spiro atoms. The fourth-order valence-corrected chi connectivity index (χ4v) is 0.961. The number of rotatable bonds is 1. The summed E-state index contributed by atoms with van der Waals surface area (Å²) >= 11 is 5.60. The van der Waals surface area contributed by atoms with E-state index >= 15 is 0 Å². The lowest BCUT2D eigenvalue weighted by Gasteiger charge is -1.99. The first kappa shape index (κ1) is 8.76. The third-order valence-electron chi connectivity index (χ3n) is 1.39. The highest BCUT2D eigenvalue weighted by Crippen LogP contribution is 2.20. The van der Waals surface area contributed by atoms with Crippen molar-refractivity contribution in [2.75, 3.05) is 0 Å². The topological polar surface area (TPSA) is 23.8 Å². The van der Waals surface area contributed by atoms with Gasteiger partial charge in [-0.2, -0.15) is 5.26 Å². The van der Waals surface area contributed by atoms with Crippen LogP contribution in [0.4, 0.5) is 4.39 Å². The Labute approximate surface area is 74.7 Å². The number of halogens is 2. The van der Waals surface area contributed by atoms with Crippen molar-refractivity contribution in [3.05, 3.63) is 41.2 Å². The van der Waals surface area contributed by atoms with Gasteiger partial charge in [-0.3, -0.25) is 0 Å². The first-order valence-corrected chi connectivity index (χ1v) is 3.57. The third kappa shape index (κ3) is 1.63. The number of nitriles is 1. The van der Waals surface area contributed by atoms with Crippen LogP contribution < -0.4 is 0 Å². The molecule has 0 aliphatic carbocycles. The lowest BCUT2D eigenvalue weighted by molar-refractivity contribution is 0.624. The molecular formula is C9H5ClFN. The predicted octanol–water partition coefficient (Wildman–Crippen LogP) is 3.02. The minimum atomic E-state index is -0.481. The van der Waals surface area contributed by atoms with E-state index in [1.807, 2.05) is 0 Å². The Balaban J connectivity index is 3.25. The van der Waals surface area contributed by atoms with Gasteiger partial charge in [0, 0.05) is 10.6 Å². The molecule has 0 aliphatic rings. The highest BCUT2D eigenvalue weighted by Gasteiger charge is 2.05. The van der Waals surface area contributed by atoms with Gasteiger partial charge in [-0.1, -0.05) is 18.2 Å². The maximum absolute atomic E-state index is 12.9. The van der Waals surface area contributed by atoms with Crippen LogP contribution in [0, 0.1) is 17.1 Å². The third-order valence-corrected chi connectivity index (χ3v) is 1.62. The van der Waals surface area contributed by atoms with Crippen molar-refractivity contribution in [3.63, 3.8) is 0 Å². The van der Waals surface area contributed by atoms with Crippen molar-refractivity contribution in [3.8, 4) is 6.07 Å². The molecule has 1 aromatic rings. The van der Waals surface area contributed by atoms with Crippen LogP contribution in [0.3, 0.4) is 0 Å². The van der Waals surface area contributed by atoms with Crippen molar-refractivity contribution >= 4 is 17.2 Å². The summed E-state index contributed by atoms with van der Waals surface area (Å²) in [7, 11) is 0. The van der Waals surface area contributed by atoms with Crippen LogP contribution in [0.1, 0.15) is 5.56 Å². The van der Waals surface area contributed by atoms with E-state index in [4.69, 9.17) is 16.9 Å². The molecule has 1 nitrogen and oxygen atoms in total. The molecule has 1 rings (SSSR count). The van der Waals surface area contributed by atoms with E-state index in [2.05, 4.69) is 6.58 Å². The summed E-state index contributed by atoms with van der Waals surface area (Å²) in [4.78, 5) is 0. The van der Waals surface area contributed by atoms with E-state index in [1.54, 1.807) is 6.07 Å². The first-order valence-electron chi connectivity index (χ1n) is 3.19. The molecule has 0 bridgehead atoms. The van der Waals surface area contributed by atoms with E-state index in [-0.39, 0.29) is 11.1 Å². The number of hydrogen-bond donors (Lipinski definition) is 0. The number of allylic oxidation sites excluding steroid dienone is 1. The van der Waals surface area contributed by atoms with Gasteiger partial charge in [0.1, 0.15) is 5.82 Å². The Morgan fingerprint density at radius 1 is 1.58 bits per heavy atom. The summed E-state index contributed by atoms with van der Waals surface area (Å²) in [5, 5.41) is 8.84. The molecule has 12 heavy (non-hydrogen) atoms. The Morgan fingerprint density at radius 2 is 2.25 bits per heavy atom. The smallest absolute Gasteiger partial charge is 0.131 e. The molecule has 0 aromatic heterocycles. The second-order valence-corrected chi connectivity index (χ2v) is 2.65. The van der Waals surface area contributed by atoms with Crippen LogP contribution in [-0.4, -0.2) is 0 Å². The minimum absolute atomic E-state index is 0.0787. The number of benzene rings is 1. The highest BCUT2D eigenvalue weighted by atomic mass is 35.5. The van der Waals surface area contributed by atoms with Crippen molar-refractivity contribution in [2.24, 2.45) is 0 Å². The van der Waals surface area contributed by atoms with Gasteiger partial charge in [0.25, 0.3) is 0 Å². The SMILES string of the molecule is C=C(C#N)c1cc(Cl)ccc1F. The average molecular weight is 182 g/mol. The molecule has 1 aromatic carbocycles. The van der Waals surface area contributed by atoms with Gasteiger partial charge in [0.15, 0.2) is 0 Å². The first-order chi connectivity index (χ1) is 5.65. The molecule has 0 saturated heterocycles. The van der Waals surface area contributed by atoms with Gasteiger partial charge in [-0.05, 0) is 18.2 Å². The van der Waals surface area contributed by atoms with E-state index in [9.17, 15) is 4.39 Å². The Bertz CT molecular complexity index is 365. The molecule has 60 valence electrons. The van der Waals surface area contributed by atoms with Crippen LogP contribution in [-0.2, 0) is 0 Å². The predicted molar refractivity (Wildman–Crippen MR) is 46.1 cm³/mol. The Morgan fingerprint density at radius 3 is 2.83 bits per heavy atom. The van der Waals surface area contributed by atoms with Gasteiger partial charge in [-0.25, -0.2) is 4.39 Å². The van der Waals surface area contributed by atoms with Gasteiger partial charge in [-0.15, -0.1) is 0 Å². The largest absolute Gasteiger partial charge is 0.206 e. The van der Waals surface area contributed by atoms with Crippen molar-refractivity contribution in [2.45, 2.75) is 0 Å². The maximum Gasteiger partial charge on any atom is 0.131 e. The fraction of sp³-hybridized carbons (Fsp3) is 0. The van der Waals surface area contributed by atoms with E-state index < -0.39 is 5.82 Å². The summed E-state index contributed by atoms with van der Waals surface area (Å²) in [6, 6.07) is 5.76.